The number of thioether (sulfide) groups is 1. The van der Waals surface area contributed by atoms with Crippen LogP contribution in [0.5, 0.6) is 11.5 Å². The average molecular weight is 270 g/mol. The van der Waals surface area contributed by atoms with Gasteiger partial charge in [-0.1, -0.05) is 11.8 Å². The SMILES string of the molecule is CCOC(=O)C(O)c1cc2c(cc1OC)SCO2. The van der Waals surface area contributed by atoms with Crippen LogP contribution >= 0.6 is 11.8 Å². The van der Waals surface area contributed by atoms with Crippen LogP contribution in [0.15, 0.2) is 17.0 Å². The fraction of sp³-hybridized carbons (Fsp3) is 0.417. The molecule has 1 aliphatic rings. The van der Waals surface area contributed by atoms with Crippen LogP contribution in [0.1, 0.15) is 18.6 Å². The van der Waals surface area contributed by atoms with Crippen LogP contribution in [0.3, 0.4) is 0 Å². The van der Waals surface area contributed by atoms with E-state index in [4.69, 9.17) is 14.2 Å². The molecule has 2 rings (SSSR count). The third-order valence-corrected chi connectivity index (χ3v) is 3.40. The second-order valence-corrected chi connectivity index (χ2v) is 4.57. The molecule has 1 atom stereocenters. The summed E-state index contributed by atoms with van der Waals surface area (Å²) in [5, 5.41) is 9.95. The van der Waals surface area contributed by atoms with Crippen LogP contribution in [0, 0.1) is 0 Å². The van der Waals surface area contributed by atoms with E-state index in [1.807, 2.05) is 0 Å². The highest BCUT2D eigenvalue weighted by Gasteiger charge is 2.26. The number of rotatable bonds is 4. The molecule has 0 saturated heterocycles. The molecule has 5 nitrogen and oxygen atoms in total. The smallest absolute Gasteiger partial charge is 0.339 e. The topological polar surface area (TPSA) is 65.0 Å². The highest BCUT2D eigenvalue weighted by Crippen LogP contribution is 2.42. The molecule has 0 aliphatic carbocycles. The number of aliphatic hydroxyl groups excluding tert-OH is 1. The lowest BCUT2D eigenvalue weighted by Gasteiger charge is -2.14. The summed E-state index contributed by atoms with van der Waals surface area (Å²) in [5.41, 5.74) is 0.359. The Morgan fingerprint density at radius 1 is 1.61 bits per heavy atom. The van der Waals surface area contributed by atoms with Gasteiger partial charge in [0.2, 0.25) is 0 Å². The molecule has 0 amide bonds. The molecule has 18 heavy (non-hydrogen) atoms. The maximum absolute atomic E-state index is 11.5. The van der Waals surface area contributed by atoms with Gasteiger partial charge in [-0.05, 0) is 19.1 Å². The number of aliphatic hydroxyl groups is 1. The summed E-state index contributed by atoms with van der Waals surface area (Å²) >= 11 is 1.54. The molecular formula is C12H14O5S. The summed E-state index contributed by atoms with van der Waals surface area (Å²) in [6.07, 6.45) is -1.36. The van der Waals surface area contributed by atoms with Gasteiger partial charge in [0.1, 0.15) is 17.4 Å². The first kappa shape index (κ1) is 13.0. The van der Waals surface area contributed by atoms with Crippen molar-refractivity contribution >= 4 is 17.7 Å². The van der Waals surface area contributed by atoms with Gasteiger partial charge in [-0.2, -0.15) is 0 Å². The standard InChI is InChI=1S/C12H14O5S/c1-3-16-12(14)11(13)7-4-9-10(18-6-17-9)5-8(7)15-2/h4-5,11,13H,3,6H2,1-2H3. The molecule has 1 N–H and O–H groups in total. The minimum Gasteiger partial charge on any atom is -0.496 e. The Balaban J connectivity index is 2.34. The number of hydrogen-bond acceptors (Lipinski definition) is 6. The molecule has 0 aromatic heterocycles. The quantitative estimate of drug-likeness (QED) is 0.841. The van der Waals surface area contributed by atoms with Gasteiger partial charge in [0, 0.05) is 5.56 Å². The molecule has 0 spiro atoms. The van der Waals surface area contributed by atoms with Crippen molar-refractivity contribution in [1.82, 2.24) is 0 Å². The molecular weight excluding hydrogens is 256 g/mol. The third-order valence-electron chi connectivity index (χ3n) is 2.53. The van der Waals surface area contributed by atoms with E-state index in [2.05, 4.69) is 0 Å². The van der Waals surface area contributed by atoms with Crippen molar-refractivity contribution in [3.05, 3.63) is 17.7 Å². The number of carbonyl (C=O) groups excluding carboxylic acids is 1. The van der Waals surface area contributed by atoms with Gasteiger partial charge in [0.15, 0.2) is 6.10 Å². The summed E-state index contributed by atoms with van der Waals surface area (Å²) in [7, 11) is 1.49. The summed E-state index contributed by atoms with van der Waals surface area (Å²) in [6, 6.07) is 3.38. The van der Waals surface area contributed by atoms with Gasteiger partial charge < -0.3 is 19.3 Å². The predicted octanol–water partition coefficient (Wildman–Crippen LogP) is 1.73. The van der Waals surface area contributed by atoms with Gasteiger partial charge in [-0.25, -0.2) is 4.79 Å². The lowest BCUT2D eigenvalue weighted by molar-refractivity contribution is -0.153. The van der Waals surface area contributed by atoms with Gasteiger partial charge in [-0.3, -0.25) is 0 Å². The van der Waals surface area contributed by atoms with E-state index in [1.165, 1.54) is 18.9 Å². The first-order valence-corrected chi connectivity index (χ1v) is 6.48. The van der Waals surface area contributed by atoms with Crippen molar-refractivity contribution < 1.29 is 24.1 Å². The Morgan fingerprint density at radius 2 is 2.39 bits per heavy atom. The molecule has 0 radical (unpaired) electrons. The third kappa shape index (κ3) is 2.39. The second kappa shape index (κ2) is 5.49. The van der Waals surface area contributed by atoms with Crippen LogP contribution in [-0.4, -0.2) is 30.7 Å². The Morgan fingerprint density at radius 3 is 3.06 bits per heavy atom. The van der Waals surface area contributed by atoms with Crippen molar-refractivity contribution in [3.63, 3.8) is 0 Å². The molecule has 1 aromatic rings. The van der Waals surface area contributed by atoms with Crippen LogP contribution in [0.4, 0.5) is 0 Å². The first-order chi connectivity index (χ1) is 8.67. The number of fused-ring (bicyclic) bond motifs is 1. The van der Waals surface area contributed by atoms with Gasteiger partial charge in [-0.15, -0.1) is 0 Å². The number of carbonyl (C=O) groups is 1. The minimum absolute atomic E-state index is 0.218. The highest BCUT2D eigenvalue weighted by molar-refractivity contribution is 7.99. The van der Waals surface area contributed by atoms with Gasteiger partial charge in [0.25, 0.3) is 0 Å². The number of ether oxygens (including phenoxy) is 3. The van der Waals surface area contributed by atoms with Crippen molar-refractivity contribution in [2.75, 3.05) is 19.7 Å². The van der Waals surface area contributed by atoms with Crippen LogP contribution in [-0.2, 0) is 9.53 Å². The van der Waals surface area contributed by atoms with E-state index >= 15 is 0 Å². The van der Waals surface area contributed by atoms with Crippen molar-refractivity contribution in [1.29, 1.82) is 0 Å². The summed E-state index contributed by atoms with van der Waals surface area (Å²) in [4.78, 5) is 12.5. The zero-order valence-electron chi connectivity index (χ0n) is 10.1. The minimum atomic E-state index is -1.36. The highest BCUT2D eigenvalue weighted by atomic mass is 32.2. The fourth-order valence-electron chi connectivity index (χ4n) is 1.68. The summed E-state index contributed by atoms with van der Waals surface area (Å²) in [6.45, 7) is 1.90. The van der Waals surface area contributed by atoms with E-state index in [9.17, 15) is 9.90 Å². The van der Waals surface area contributed by atoms with Crippen molar-refractivity contribution in [2.24, 2.45) is 0 Å². The van der Waals surface area contributed by atoms with E-state index < -0.39 is 12.1 Å². The molecule has 1 aliphatic heterocycles. The first-order valence-electron chi connectivity index (χ1n) is 5.49. The van der Waals surface area contributed by atoms with Crippen LogP contribution in [0.25, 0.3) is 0 Å². The van der Waals surface area contributed by atoms with Crippen molar-refractivity contribution in [2.45, 2.75) is 17.9 Å². The molecule has 6 heteroatoms. The van der Waals surface area contributed by atoms with E-state index in [0.717, 1.165) is 4.90 Å². The van der Waals surface area contributed by atoms with Crippen LogP contribution in [0.2, 0.25) is 0 Å². The normalized spacial score (nSPS) is 14.6. The molecule has 0 bridgehead atoms. The van der Waals surface area contributed by atoms with E-state index in [-0.39, 0.29) is 6.61 Å². The fourth-order valence-corrected chi connectivity index (χ4v) is 2.44. The average Bonchev–Trinajstić information content (AvgIpc) is 2.83. The number of benzene rings is 1. The monoisotopic (exact) mass is 270 g/mol. The lowest BCUT2D eigenvalue weighted by atomic mass is 10.1. The van der Waals surface area contributed by atoms with Gasteiger partial charge in [0.05, 0.1) is 18.6 Å². The number of esters is 1. The predicted molar refractivity (Wildman–Crippen MR) is 65.9 cm³/mol. The molecule has 1 heterocycles. The van der Waals surface area contributed by atoms with E-state index in [1.54, 1.807) is 19.1 Å². The maximum Gasteiger partial charge on any atom is 0.339 e. The number of hydrogen-bond donors (Lipinski definition) is 1. The second-order valence-electron chi connectivity index (χ2n) is 3.60. The van der Waals surface area contributed by atoms with Crippen LogP contribution < -0.4 is 9.47 Å². The summed E-state index contributed by atoms with van der Waals surface area (Å²) in [5.74, 6) is 0.935. The molecule has 1 unspecified atom stereocenters. The zero-order chi connectivity index (χ0) is 13.1. The van der Waals surface area contributed by atoms with Crippen molar-refractivity contribution in [3.8, 4) is 11.5 Å². The zero-order valence-corrected chi connectivity index (χ0v) is 11.0. The maximum atomic E-state index is 11.5. The molecule has 0 fully saturated rings. The molecule has 1 aromatic carbocycles. The summed E-state index contributed by atoms with van der Waals surface area (Å²) < 4.78 is 15.3. The Hall–Kier alpha value is -1.40. The lowest BCUT2D eigenvalue weighted by Crippen LogP contribution is -2.16. The van der Waals surface area contributed by atoms with E-state index in [0.29, 0.717) is 23.0 Å². The molecule has 98 valence electrons. The Kier molecular flexibility index (Phi) is 3.98. The van der Waals surface area contributed by atoms with Gasteiger partial charge >= 0.3 is 5.97 Å². The Labute approximate surface area is 109 Å². The number of methoxy groups -OCH3 is 1. The largest absolute Gasteiger partial charge is 0.496 e. The molecule has 0 saturated carbocycles. The Bertz CT molecular complexity index is 460.